The number of halogens is 2. The summed E-state index contributed by atoms with van der Waals surface area (Å²) < 4.78 is 41.6. The highest BCUT2D eigenvalue weighted by atomic mass is 79.9. The van der Waals surface area contributed by atoms with Crippen LogP contribution in [0, 0.1) is 5.82 Å². The van der Waals surface area contributed by atoms with Crippen LogP contribution in [0.5, 0.6) is 0 Å². The van der Waals surface area contributed by atoms with Crippen LogP contribution in [0.25, 0.3) is 0 Å². The van der Waals surface area contributed by atoms with Crippen LogP contribution in [0.2, 0.25) is 0 Å². The summed E-state index contributed by atoms with van der Waals surface area (Å²) in [5, 5.41) is 2.88. The molecule has 0 radical (unpaired) electrons. The Hall–Kier alpha value is -3.24. The molecule has 202 valence electrons. The van der Waals surface area contributed by atoms with Crippen molar-refractivity contribution in [1.82, 2.24) is 10.2 Å². The number of para-hydroxylation sites is 1. The van der Waals surface area contributed by atoms with Crippen molar-refractivity contribution < 1.29 is 22.4 Å². The van der Waals surface area contributed by atoms with E-state index in [0.29, 0.717) is 13.0 Å². The standard InChI is InChI=1S/C28H31BrFN3O4S/c1-3-17-31-28(35)26(18-21-9-5-4-6-10-21)32(19-22-13-15-23(29)16-14-22)27(34)20-33(38(2,36)37)25-12-8-7-11-24(25)30/h4-16,26H,3,17-20H2,1-2H3,(H,31,35). The quantitative estimate of drug-likeness (QED) is 0.330. The van der Waals surface area contributed by atoms with E-state index in [-0.39, 0.29) is 24.6 Å². The highest BCUT2D eigenvalue weighted by Gasteiger charge is 2.33. The van der Waals surface area contributed by atoms with Gasteiger partial charge in [-0.05, 0) is 41.8 Å². The Morgan fingerprint density at radius 1 is 0.947 bits per heavy atom. The van der Waals surface area contributed by atoms with Crippen molar-refractivity contribution in [1.29, 1.82) is 0 Å². The number of benzene rings is 3. The SMILES string of the molecule is CCCNC(=O)C(Cc1ccccc1)N(Cc1ccc(Br)cc1)C(=O)CN(c1ccccc1F)S(C)(=O)=O. The molecule has 0 saturated carbocycles. The number of amides is 2. The van der Waals surface area contributed by atoms with E-state index < -0.39 is 34.3 Å². The zero-order valence-electron chi connectivity index (χ0n) is 21.3. The molecule has 0 heterocycles. The van der Waals surface area contributed by atoms with Gasteiger partial charge in [0.2, 0.25) is 21.8 Å². The molecule has 10 heteroatoms. The molecule has 1 N–H and O–H groups in total. The Morgan fingerprint density at radius 3 is 2.18 bits per heavy atom. The summed E-state index contributed by atoms with van der Waals surface area (Å²) >= 11 is 3.40. The van der Waals surface area contributed by atoms with E-state index in [1.54, 1.807) is 0 Å². The largest absolute Gasteiger partial charge is 0.354 e. The Morgan fingerprint density at radius 2 is 1.58 bits per heavy atom. The maximum atomic E-state index is 14.6. The fourth-order valence-corrected chi connectivity index (χ4v) is 5.07. The summed E-state index contributed by atoms with van der Waals surface area (Å²) in [6, 6.07) is 21.0. The van der Waals surface area contributed by atoms with Crippen LogP contribution in [-0.2, 0) is 32.6 Å². The number of hydrogen-bond acceptors (Lipinski definition) is 4. The molecule has 3 aromatic rings. The van der Waals surface area contributed by atoms with Crippen molar-refractivity contribution in [2.75, 3.05) is 23.7 Å². The Kier molecular flexibility index (Phi) is 10.4. The van der Waals surface area contributed by atoms with Crippen LogP contribution in [0.1, 0.15) is 24.5 Å². The van der Waals surface area contributed by atoms with E-state index in [1.165, 1.54) is 23.1 Å². The van der Waals surface area contributed by atoms with Gasteiger partial charge in [-0.25, -0.2) is 12.8 Å². The number of nitrogens with zero attached hydrogens (tertiary/aromatic N) is 2. The second-order valence-corrected chi connectivity index (χ2v) is 11.7. The topological polar surface area (TPSA) is 86.8 Å². The predicted molar refractivity (Wildman–Crippen MR) is 151 cm³/mol. The lowest BCUT2D eigenvalue weighted by atomic mass is 10.0. The summed E-state index contributed by atoms with van der Waals surface area (Å²) in [5.74, 6) is -1.75. The van der Waals surface area contributed by atoms with E-state index in [1.807, 2.05) is 61.5 Å². The minimum atomic E-state index is -4.03. The van der Waals surface area contributed by atoms with Gasteiger partial charge >= 0.3 is 0 Å². The van der Waals surface area contributed by atoms with Gasteiger partial charge in [0.1, 0.15) is 18.4 Å². The summed E-state index contributed by atoms with van der Waals surface area (Å²) in [6.45, 7) is 1.74. The highest BCUT2D eigenvalue weighted by molar-refractivity contribution is 9.10. The molecule has 0 fully saturated rings. The summed E-state index contributed by atoms with van der Waals surface area (Å²) in [7, 11) is -4.03. The van der Waals surface area contributed by atoms with Crippen molar-refractivity contribution in [2.45, 2.75) is 32.4 Å². The zero-order chi connectivity index (χ0) is 27.7. The first-order chi connectivity index (χ1) is 18.1. The lowest BCUT2D eigenvalue weighted by molar-refractivity contribution is -0.140. The predicted octanol–water partition coefficient (Wildman–Crippen LogP) is 4.52. The zero-order valence-corrected chi connectivity index (χ0v) is 23.7. The Labute approximate surface area is 231 Å². The lowest BCUT2D eigenvalue weighted by Crippen LogP contribution is -2.53. The maximum Gasteiger partial charge on any atom is 0.244 e. The van der Waals surface area contributed by atoms with E-state index >= 15 is 0 Å². The van der Waals surface area contributed by atoms with Gasteiger partial charge in [-0.1, -0.05) is 77.5 Å². The van der Waals surface area contributed by atoms with Crippen LogP contribution >= 0.6 is 15.9 Å². The van der Waals surface area contributed by atoms with E-state index in [0.717, 1.165) is 32.2 Å². The monoisotopic (exact) mass is 603 g/mol. The Balaban J connectivity index is 2.04. The second kappa shape index (κ2) is 13.5. The van der Waals surface area contributed by atoms with Crippen LogP contribution in [0.15, 0.2) is 83.3 Å². The molecule has 3 rings (SSSR count). The van der Waals surface area contributed by atoms with Crippen LogP contribution < -0.4 is 9.62 Å². The number of carbonyl (C=O) groups is 2. The van der Waals surface area contributed by atoms with Gasteiger partial charge in [-0.15, -0.1) is 0 Å². The van der Waals surface area contributed by atoms with Gasteiger partial charge in [-0.2, -0.15) is 0 Å². The second-order valence-electron chi connectivity index (χ2n) is 8.87. The highest BCUT2D eigenvalue weighted by Crippen LogP contribution is 2.23. The average molecular weight is 605 g/mol. The smallest absolute Gasteiger partial charge is 0.244 e. The molecule has 38 heavy (non-hydrogen) atoms. The third-order valence-corrected chi connectivity index (χ3v) is 7.54. The van der Waals surface area contributed by atoms with Gasteiger partial charge in [0, 0.05) is 24.0 Å². The van der Waals surface area contributed by atoms with Crippen molar-refractivity contribution in [2.24, 2.45) is 0 Å². The summed E-state index contributed by atoms with van der Waals surface area (Å²) in [5.41, 5.74) is 1.36. The molecule has 0 aliphatic heterocycles. The van der Waals surface area contributed by atoms with Crippen molar-refractivity contribution in [3.05, 3.63) is 100 Å². The first-order valence-electron chi connectivity index (χ1n) is 12.2. The van der Waals surface area contributed by atoms with Gasteiger partial charge < -0.3 is 10.2 Å². The summed E-state index contributed by atoms with van der Waals surface area (Å²) in [4.78, 5) is 28.6. The number of sulfonamides is 1. The van der Waals surface area contributed by atoms with Crippen LogP contribution in [-0.4, -0.2) is 50.5 Å². The minimum Gasteiger partial charge on any atom is -0.354 e. The molecular weight excluding hydrogens is 573 g/mol. The third-order valence-electron chi connectivity index (χ3n) is 5.89. The van der Waals surface area contributed by atoms with Gasteiger partial charge in [0.05, 0.1) is 11.9 Å². The number of anilines is 1. The fourth-order valence-electron chi connectivity index (χ4n) is 3.96. The van der Waals surface area contributed by atoms with Crippen LogP contribution in [0.3, 0.4) is 0 Å². The molecule has 7 nitrogen and oxygen atoms in total. The van der Waals surface area contributed by atoms with Gasteiger partial charge in [-0.3, -0.25) is 13.9 Å². The minimum absolute atomic E-state index is 0.0536. The first-order valence-corrected chi connectivity index (χ1v) is 14.8. The molecule has 0 saturated heterocycles. The molecule has 2 amide bonds. The van der Waals surface area contributed by atoms with E-state index in [2.05, 4.69) is 21.2 Å². The summed E-state index contributed by atoms with van der Waals surface area (Å²) in [6.07, 6.45) is 1.85. The van der Waals surface area contributed by atoms with Crippen LogP contribution in [0.4, 0.5) is 10.1 Å². The molecule has 0 spiro atoms. The number of hydrogen-bond donors (Lipinski definition) is 1. The Bertz CT molecular complexity index is 1340. The number of nitrogens with one attached hydrogen (secondary N) is 1. The van der Waals surface area contributed by atoms with Gasteiger partial charge in [0.25, 0.3) is 0 Å². The molecule has 0 aromatic heterocycles. The molecule has 3 aromatic carbocycles. The van der Waals surface area contributed by atoms with E-state index in [9.17, 15) is 22.4 Å². The van der Waals surface area contributed by atoms with E-state index in [4.69, 9.17) is 0 Å². The number of carbonyl (C=O) groups excluding carboxylic acids is 2. The van der Waals surface area contributed by atoms with Crippen molar-refractivity contribution in [3.63, 3.8) is 0 Å². The molecule has 1 atom stereocenters. The van der Waals surface area contributed by atoms with Crippen molar-refractivity contribution in [3.8, 4) is 0 Å². The normalized spacial score (nSPS) is 12.0. The maximum absolute atomic E-state index is 14.6. The fraction of sp³-hybridized carbons (Fsp3) is 0.286. The molecular formula is C28H31BrFN3O4S. The molecule has 0 bridgehead atoms. The number of rotatable bonds is 12. The molecule has 0 aliphatic rings. The molecule has 0 aliphatic carbocycles. The average Bonchev–Trinajstić information content (AvgIpc) is 2.89. The molecule has 1 unspecified atom stereocenters. The van der Waals surface area contributed by atoms with Crippen molar-refractivity contribution >= 4 is 43.5 Å². The first kappa shape index (κ1) is 29.3. The lowest BCUT2D eigenvalue weighted by Gasteiger charge is -2.33. The third kappa shape index (κ3) is 8.13. The van der Waals surface area contributed by atoms with Gasteiger partial charge in [0.15, 0.2) is 0 Å².